The average Bonchev–Trinajstić information content (AvgIpc) is 2.54. The van der Waals surface area contributed by atoms with Gasteiger partial charge in [-0.2, -0.15) is 13.2 Å². The van der Waals surface area contributed by atoms with E-state index in [1.54, 1.807) is 12.0 Å². The summed E-state index contributed by atoms with van der Waals surface area (Å²) >= 11 is 0. The second kappa shape index (κ2) is 7.49. The molecule has 0 spiro atoms. The van der Waals surface area contributed by atoms with Crippen molar-refractivity contribution in [3.8, 4) is 0 Å². The molecule has 1 aromatic heterocycles. The molecule has 0 aliphatic carbocycles. The number of anilines is 1. The van der Waals surface area contributed by atoms with Crippen LogP contribution < -0.4 is 4.90 Å². The third-order valence-corrected chi connectivity index (χ3v) is 4.44. The van der Waals surface area contributed by atoms with Gasteiger partial charge >= 0.3 is 6.18 Å². The highest BCUT2D eigenvalue weighted by molar-refractivity contribution is 5.49. The first-order chi connectivity index (χ1) is 10.9. The zero-order chi connectivity index (χ0) is 16.9. The van der Waals surface area contributed by atoms with Crippen LogP contribution in [0.5, 0.6) is 0 Å². The van der Waals surface area contributed by atoms with Crippen molar-refractivity contribution in [2.45, 2.75) is 31.9 Å². The van der Waals surface area contributed by atoms with Crippen molar-refractivity contribution in [2.24, 2.45) is 5.41 Å². The van der Waals surface area contributed by atoms with Gasteiger partial charge in [0.05, 0.1) is 12.2 Å². The Labute approximate surface area is 134 Å². The van der Waals surface area contributed by atoms with Crippen LogP contribution in [0, 0.1) is 5.41 Å². The number of aliphatic hydroxyl groups excluding tert-OH is 1. The number of aromatic nitrogens is 1. The molecule has 0 saturated carbocycles. The first kappa shape index (κ1) is 18.0. The van der Waals surface area contributed by atoms with Gasteiger partial charge in [0.25, 0.3) is 0 Å². The average molecular weight is 332 g/mol. The second-order valence-electron chi connectivity index (χ2n) is 6.15. The smallest absolute Gasteiger partial charge is 0.396 e. The van der Waals surface area contributed by atoms with Gasteiger partial charge in [-0.1, -0.05) is 0 Å². The molecule has 0 aromatic carbocycles. The number of nitrogens with zero attached hydrogens (tertiary/aromatic N) is 2. The van der Waals surface area contributed by atoms with E-state index in [0.717, 1.165) is 31.7 Å². The summed E-state index contributed by atoms with van der Waals surface area (Å²) in [6.07, 6.45) is -0.00965. The molecule has 1 atom stereocenters. The van der Waals surface area contributed by atoms with Gasteiger partial charge in [-0.25, -0.2) is 4.98 Å². The Morgan fingerprint density at radius 3 is 2.87 bits per heavy atom. The van der Waals surface area contributed by atoms with E-state index >= 15 is 0 Å². The number of alkyl halides is 3. The molecule has 1 unspecified atom stereocenters. The van der Waals surface area contributed by atoms with E-state index in [4.69, 9.17) is 4.74 Å². The molecule has 1 N–H and O–H groups in total. The minimum atomic E-state index is -4.43. The maximum absolute atomic E-state index is 13.2. The Bertz CT molecular complexity index is 510. The topological polar surface area (TPSA) is 45.6 Å². The molecule has 1 fully saturated rings. The summed E-state index contributed by atoms with van der Waals surface area (Å²) in [5, 5.41) is 9.82. The second-order valence-corrected chi connectivity index (χ2v) is 6.15. The highest BCUT2D eigenvalue weighted by Gasteiger charge is 2.40. The van der Waals surface area contributed by atoms with E-state index in [1.165, 1.54) is 12.3 Å². The fraction of sp³-hybridized carbons (Fsp3) is 0.688. The molecule has 7 heteroatoms. The lowest BCUT2D eigenvalue weighted by atomic mass is 9.77. The van der Waals surface area contributed by atoms with Crippen molar-refractivity contribution < 1.29 is 23.0 Å². The van der Waals surface area contributed by atoms with Crippen LogP contribution in [0.1, 0.15) is 31.2 Å². The first-order valence-electron chi connectivity index (χ1n) is 7.79. The summed E-state index contributed by atoms with van der Waals surface area (Å²) in [5.41, 5.74) is -1.11. The zero-order valence-corrected chi connectivity index (χ0v) is 13.3. The van der Waals surface area contributed by atoms with E-state index in [1.807, 2.05) is 0 Å². The van der Waals surface area contributed by atoms with Crippen molar-refractivity contribution in [3.63, 3.8) is 0 Å². The Morgan fingerprint density at radius 2 is 2.22 bits per heavy atom. The molecule has 2 rings (SSSR count). The SMILES string of the molecule is COCCCC1(CO)CCCN(c2ncccc2C(F)(F)F)C1. The molecule has 0 radical (unpaired) electrons. The quantitative estimate of drug-likeness (QED) is 0.813. The van der Waals surface area contributed by atoms with Crippen LogP contribution in [0.15, 0.2) is 18.3 Å². The largest absolute Gasteiger partial charge is 0.419 e. The minimum Gasteiger partial charge on any atom is -0.396 e. The molecule has 23 heavy (non-hydrogen) atoms. The number of halogens is 3. The van der Waals surface area contributed by atoms with E-state index in [9.17, 15) is 18.3 Å². The van der Waals surface area contributed by atoms with Crippen LogP contribution in [0.25, 0.3) is 0 Å². The number of pyridine rings is 1. The number of hydrogen-bond acceptors (Lipinski definition) is 4. The third-order valence-electron chi connectivity index (χ3n) is 4.44. The van der Waals surface area contributed by atoms with E-state index < -0.39 is 17.2 Å². The molecule has 0 amide bonds. The fourth-order valence-electron chi connectivity index (χ4n) is 3.26. The maximum atomic E-state index is 13.2. The third kappa shape index (κ3) is 4.35. The van der Waals surface area contributed by atoms with Crippen LogP contribution >= 0.6 is 0 Å². The van der Waals surface area contributed by atoms with Crippen LogP contribution in [0.4, 0.5) is 19.0 Å². The number of ether oxygens (including phenoxy) is 1. The highest BCUT2D eigenvalue weighted by Crippen LogP contribution is 2.40. The van der Waals surface area contributed by atoms with Gasteiger partial charge in [-0.15, -0.1) is 0 Å². The standard InChI is InChI=1S/C16H23F3N2O2/c1-23-10-4-7-15(12-22)6-3-9-21(11-15)14-13(16(17,18)19)5-2-8-20-14/h2,5,8,22H,3-4,6-7,9-12H2,1H3. The minimum absolute atomic E-state index is 0.0377. The Balaban J connectivity index is 2.21. The summed E-state index contributed by atoms with van der Waals surface area (Å²) in [6, 6.07) is 2.36. The predicted octanol–water partition coefficient (Wildman–Crippen LogP) is 3.11. The summed E-state index contributed by atoms with van der Waals surface area (Å²) in [5.74, 6) is -0.0377. The summed E-state index contributed by atoms with van der Waals surface area (Å²) in [6.45, 7) is 1.44. The highest BCUT2D eigenvalue weighted by atomic mass is 19.4. The summed E-state index contributed by atoms with van der Waals surface area (Å²) in [7, 11) is 1.61. The van der Waals surface area contributed by atoms with Gasteiger partial charge in [0, 0.05) is 38.4 Å². The van der Waals surface area contributed by atoms with Crippen molar-refractivity contribution in [1.29, 1.82) is 0 Å². The molecule has 1 aliphatic heterocycles. The number of hydrogen-bond donors (Lipinski definition) is 1. The molecule has 1 aromatic rings. The number of rotatable bonds is 6. The lowest BCUT2D eigenvalue weighted by Crippen LogP contribution is -2.46. The number of methoxy groups -OCH3 is 1. The van der Waals surface area contributed by atoms with Crippen molar-refractivity contribution in [2.75, 3.05) is 38.3 Å². The number of piperidine rings is 1. The number of aliphatic hydroxyl groups is 1. The van der Waals surface area contributed by atoms with E-state index in [0.29, 0.717) is 19.7 Å². The maximum Gasteiger partial charge on any atom is 0.419 e. The molecule has 1 saturated heterocycles. The Kier molecular flexibility index (Phi) is 5.86. The van der Waals surface area contributed by atoms with Gasteiger partial charge < -0.3 is 14.7 Å². The molecule has 130 valence electrons. The van der Waals surface area contributed by atoms with Gasteiger partial charge in [0.1, 0.15) is 5.82 Å². The van der Waals surface area contributed by atoms with Crippen LogP contribution in [-0.2, 0) is 10.9 Å². The van der Waals surface area contributed by atoms with Crippen molar-refractivity contribution in [1.82, 2.24) is 4.98 Å². The van der Waals surface area contributed by atoms with E-state index in [-0.39, 0.29) is 12.4 Å². The summed E-state index contributed by atoms with van der Waals surface area (Å²) < 4.78 is 44.6. The van der Waals surface area contributed by atoms with Gasteiger partial charge in [-0.3, -0.25) is 0 Å². The van der Waals surface area contributed by atoms with Crippen molar-refractivity contribution >= 4 is 5.82 Å². The van der Waals surface area contributed by atoms with E-state index in [2.05, 4.69) is 4.98 Å². The first-order valence-corrected chi connectivity index (χ1v) is 7.79. The molecular weight excluding hydrogens is 309 g/mol. The monoisotopic (exact) mass is 332 g/mol. The molecular formula is C16H23F3N2O2. The lowest BCUT2D eigenvalue weighted by molar-refractivity contribution is -0.137. The molecule has 2 heterocycles. The Hall–Kier alpha value is -1.34. The van der Waals surface area contributed by atoms with Gasteiger partial charge in [0.15, 0.2) is 0 Å². The van der Waals surface area contributed by atoms with Crippen LogP contribution in [0.2, 0.25) is 0 Å². The lowest BCUT2D eigenvalue weighted by Gasteiger charge is -2.43. The summed E-state index contributed by atoms with van der Waals surface area (Å²) in [4.78, 5) is 5.63. The molecule has 1 aliphatic rings. The predicted molar refractivity (Wildman–Crippen MR) is 81.3 cm³/mol. The van der Waals surface area contributed by atoms with Crippen LogP contribution in [-0.4, -0.2) is 43.5 Å². The molecule has 4 nitrogen and oxygen atoms in total. The van der Waals surface area contributed by atoms with Gasteiger partial charge in [-0.05, 0) is 37.8 Å². The molecule has 0 bridgehead atoms. The normalized spacial score (nSPS) is 22.4. The zero-order valence-electron chi connectivity index (χ0n) is 13.3. The van der Waals surface area contributed by atoms with Gasteiger partial charge in [0.2, 0.25) is 0 Å². The van der Waals surface area contributed by atoms with Crippen LogP contribution in [0.3, 0.4) is 0 Å². The fourth-order valence-corrected chi connectivity index (χ4v) is 3.26. The van der Waals surface area contributed by atoms with Crippen molar-refractivity contribution in [3.05, 3.63) is 23.9 Å². The Morgan fingerprint density at radius 1 is 1.43 bits per heavy atom.